The summed E-state index contributed by atoms with van der Waals surface area (Å²) >= 11 is 7.34. The topological polar surface area (TPSA) is 151 Å². The van der Waals surface area contributed by atoms with Gasteiger partial charge in [0.2, 0.25) is 0 Å². The number of nitrogens with one attached hydrogen (secondary N) is 1. The number of carbonyl (C=O) groups is 1. The van der Waals surface area contributed by atoms with Crippen molar-refractivity contribution in [3.63, 3.8) is 0 Å². The molecule has 1 aromatic carbocycles. The van der Waals surface area contributed by atoms with Gasteiger partial charge in [-0.2, -0.15) is 15.1 Å². The average Bonchev–Trinajstić information content (AvgIpc) is 3.52. The Kier molecular flexibility index (Phi) is 7.33. The number of thiophene rings is 1. The molecule has 4 aromatic rings. The minimum atomic E-state index is -0.632. The third kappa shape index (κ3) is 5.29. The normalized spacial score (nSPS) is 16.8. The number of nitrogens with zero attached hydrogens (tertiary/aromatic N) is 3. The highest BCUT2D eigenvalue weighted by molar-refractivity contribution is 7.21. The van der Waals surface area contributed by atoms with Crippen molar-refractivity contribution in [1.29, 1.82) is 0 Å². The molecule has 0 bridgehead atoms. The first-order valence-corrected chi connectivity index (χ1v) is 12.7. The quantitative estimate of drug-likeness (QED) is 0.288. The van der Waals surface area contributed by atoms with Crippen molar-refractivity contribution in [3.8, 4) is 17.3 Å². The van der Waals surface area contributed by atoms with E-state index in [0.29, 0.717) is 46.1 Å². The molecule has 12 heteroatoms. The fraction of sp³-hybridized carbons (Fsp3) is 0.333. The summed E-state index contributed by atoms with van der Waals surface area (Å²) in [6.07, 6.45) is 4.51. The number of amides is 1. The highest BCUT2D eigenvalue weighted by Crippen LogP contribution is 2.40. The van der Waals surface area contributed by atoms with Gasteiger partial charge in [-0.25, -0.2) is 0 Å². The summed E-state index contributed by atoms with van der Waals surface area (Å²) in [5.74, 6) is -0.632. The molecular weight excluding hydrogens is 504 g/mol. The summed E-state index contributed by atoms with van der Waals surface area (Å²) in [6.45, 7) is 1.12. The number of H-pyrrole nitrogens is 1. The summed E-state index contributed by atoms with van der Waals surface area (Å²) < 4.78 is 17.8. The number of aromatic nitrogens is 4. The van der Waals surface area contributed by atoms with E-state index in [1.807, 2.05) is 18.2 Å². The fourth-order valence-corrected chi connectivity index (χ4v) is 5.21. The molecule has 1 aliphatic rings. The second-order valence-electron chi connectivity index (χ2n) is 8.33. The largest absolute Gasteiger partial charge is 0.454 e. The van der Waals surface area contributed by atoms with E-state index < -0.39 is 12.0 Å². The molecule has 2 atom stereocenters. The summed E-state index contributed by atoms with van der Waals surface area (Å²) in [7, 11) is 0. The maximum atomic E-state index is 12.0. The van der Waals surface area contributed by atoms with Gasteiger partial charge in [0, 0.05) is 29.8 Å². The molecule has 0 aliphatic carbocycles. The molecule has 2 unspecified atom stereocenters. The Balaban J connectivity index is 1.48. The minimum absolute atomic E-state index is 0.114. The Morgan fingerprint density at radius 3 is 2.92 bits per heavy atom. The number of rotatable bonds is 9. The number of hydrogen-bond donors (Lipinski definition) is 3. The number of nitrogen functional groups attached to an aromatic ring is 1. The lowest BCUT2D eigenvalue weighted by Gasteiger charge is -2.24. The summed E-state index contributed by atoms with van der Waals surface area (Å²) in [5, 5.41) is 8.06. The van der Waals surface area contributed by atoms with Crippen LogP contribution in [0.15, 0.2) is 36.5 Å². The molecule has 3 aromatic heterocycles. The van der Waals surface area contributed by atoms with Gasteiger partial charge in [-0.05, 0) is 37.5 Å². The molecule has 1 amide bonds. The van der Waals surface area contributed by atoms with Crippen molar-refractivity contribution < 1.29 is 19.0 Å². The van der Waals surface area contributed by atoms with Gasteiger partial charge in [0.1, 0.15) is 15.8 Å². The third-order valence-electron chi connectivity index (χ3n) is 5.83. The van der Waals surface area contributed by atoms with E-state index >= 15 is 0 Å². The van der Waals surface area contributed by atoms with Crippen molar-refractivity contribution >= 4 is 44.7 Å². The molecule has 1 fully saturated rings. The zero-order valence-corrected chi connectivity index (χ0v) is 20.8. The highest BCUT2D eigenvalue weighted by atomic mass is 35.5. The lowest BCUT2D eigenvalue weighted by atomic mass is 10.1. The smallest absolute Gasteiger partial charge is 0.319 e. The number of aromatic amines is 1. The first-order chi connectivity index (χ1) is 17.5. The van der Waals surface area contributed by atoms with Crippen molar-refractivity contribution in [3.05, 3.63) is 52.1 Å². The van der Waals surface area contributed by atoms with E-state index in [1.54, 1.807) is 18.3 Å². The van der Waals surface area contributed by atoms with E-state index in [0.717, 1.165) is 36.3 Å². The SMILES string of the molecule is NC(=O)c1sc2nc(OC(CCOC3CCCCO3)c3ccn[nH]3)nc(-c3cccc(Cl)c3)c2c1N. The van der Waals surface area contributed by atoms with Crippen LogP contribution in [-0.4, -0.2) is 45.6 Å². The number of benzene rings is 1. The van der Waals surface area contributed by atoms with Gasteiger partial charge in [-0.15, -0.1) is 11.3 Å². The van der Waals surface area contributed by atoms with Gasteiger partial charge in [-0.3, -0.25) is 9.89 Å². The monoisotopic (exact) mass is 528 g/mol. The van der Waals surface area contributed by atoms with Crippen LogP contribution >= 0.6 is 22.9 Å². The van der Waals surface area contributed by atoms with Crippen molar-refractivity contribution in [2.45, 2.75) is 38.1 Å². The molecule has 5 N–H and O–H groups in total. The zero-order chi connectivity index (χ0) is 25.1. The van der Waals surface area contributed by atoms with E-state index in [9.17, 15) is 4.79 Å². The van der Waals surface area contributed by atoms with Gasteiger partial charge >= 0.3 is 6.01 Å². The Morgan fingerprint density at radius 2 is 2.19 bits per heavy atom. The Bertz CT molecular complexity index is 1360. The summed E-state index contributed by atoms with van der Waals surface area (Å²) in [6, 6.07) is 9.12. The number of anilines is 1. The number of ether oxygens (including phenoxy) is 3. The van der Waals surface area contributed by atoms with Crippen LogP contribution in [0.1, 0.15) is 47.2 Å². The number of carbonyl (C=O) groups excluding carboxylic acids is 1. The summed E-state index contributed by atoms with van der Waals surface area (Å²) in [4.78, 5) is 21.9. The molecule has 0 saturated carbocycles. The van der Waals surface area contributed by atoms with Gasteiger partial charge in [-0.1, -0.05) is 23.7 Å². The molecule has 0 spiro atoms. The number of hydrogen-bond acceptors (Lipinski definition) is 9. The first-order valence-electron chi connectivity index (χ1n) is 11.5. The molecule has 36 heavy (non-hydrogen) atoms. The minimum Gasteiger partial charge on any atom is -0.454 e. The second kappa shape index (κ2) is 10.8. The molecule has 5 rings (SSSR count). The second-order valence-corrected chi connectivity index (χ2v) is 9.76. The van der Waals surface area contributed by atoms with E-state index in [4.69, 9.17) is 37.3 Å². The third-order valence-corrected chi connectivity index (χ3v) is 7.18. The number of fused-ring (bicyclic) bond motifs is 1. The fourth-order valence-electron chi connectivity index (χ4n) is 4.08. The maximum Gasteiger partial charge on any atom is 0.319 e. The molecule has 4 heterocycles. The van der Waals surface area contributed by atoms with Crippen LogP contribution in [0.2, 0.25) is 5.02 Å². The highest BCUT2D eigenvalue weighted by Gasteiger charge is 2.24. The van der Waals surface area contributed by atoms with Gasteiger partial charge in [0.25, 0.3) is 5.91 Å². The summed E-state index contributed by atoms with van der Waals surface area (Å²) in [5.41, 5.74) is 14.0. The van der Waals surface area contributed by atoms with Gasteiger partial charge in [0.15, 0.2) is 6.29 Å². The molecular formula is C24H25ClN6O4S. The standard InChI is InChI=1S/C24H25ClN6O4S/c25-14-5-3-4-13(12-14)20-18-19(26)21(22(27)32)36-23(18)30-24(29-20)35-16(15-7-9-28-31-15)8-11-34-17-6-1-2-10-33-17/h3-5,7,9,12,16-17H,1-2,6,8,10-11,26H2,(H2,27,32)(H,28,31). The van der Waals surface area contributed by atoms with Gasteiger partial charge in [0.05, 0.1) is 29.1 Å². The van der Waals surface area contributed by atoms with Crippen LogP contribution < -0.4 is 16.2 Å². The van der Waals surface area contributed by atoms with Crippen molar-refractivity contribution in [2.24, 2.45) is 5.73 Å². The Labute approximate surface area is 215 Å². The average molecular weight is 529 g/mol. The molecule has 1 saturated heterocycles. The van der Waals surface area contributed by atoms with Gasteiger partial charge < -0.3 is 25.7 Å². The van der Waals surface area contributed by atoms with Crippen LogP contribution in [0.25, 0.3) is 21.5 Å². The number of primary amides is 1. The maximum absolute atomic E-state index is 12.0. The van der Waals surface area contributed by atoms with Crippen LogP contribution in [-0.2, 0) is 9.47 Å². The number of nitrogens with two attached hydrogens (primary N) is 2. The predicted octanol–water partition coefficient (Wildman–Crippen LogP) is 4.47. The van der Waals surface area contributed by atoms with Crippen LogP contribution in [0.5, 0.6) is 6.01 Å². The van der Waals surface area contributed by atoms with E-state index in [-0.39, 0.29) is 22.9 Å². The van der Waals surface area contributed by atoms with E-state index in [2.05, 4.69) is 20.2 Å². The lowest BCUT2D eigenvalue weighted by Crippen LogP contribution is -2.24. The first kappa shape index (κ1) is 24.4. The molecule has 188 valence electrons. The van der Waals surface area contributed by atoms with Crippen LogP contribution in [0.3, 0.4) is 0 Å². The molecule has 1 aliphatic heterocycles. The predicted molar refractivity (Wildman–Crippen MR) is 137 cm³/mol. The Morgan fingerprint density at radius 1 is 1.31 bits per heavy atom. The van der Waals surface area contributed by atoms with Crippen molar-refractivity contribution in [2.75, 3.05) is 18.9 Å². The van der Waals surface area contributed by atoms with Crippen LogP contribution in [0, 0.1) is 0 Å². The lowest BCUT2D eigenvalue weighted by molar-refractivity contribution is -0.165. The van der Waals surface area contributed by atoms with Crippen LogP contribution in [0.4, 0.5) is 5.69 Å². The van der Waals surface area contributed by atoms with E-state index in [1.165, 1.54) is 0 Å². The molecule has 10 nitrogen and oxygen atoms in total. The zero-order valence-electron chi connectivity index (χ0n) is 19.3. The molecule has 0 radical (unpaired) electrons. The van der Waals surface area contributed by atoms with Crippen molar-refractivity contribution in [1.82, 2.24) is 20.2 Å². The number of halogens is 1. The Hall–Kier alpha value is -3.25.